The molecule has 3 amide bonds. The second-order valence-corrected chi connectivity index (χ2v) is 11.6. The van der Waals surface area contributed by atoms with Gasteiger partial charge in [-0.2, -0.15) is 0 Å². The average Bonchev–Trinajstić information content (AvgIpc) is 3.55. The molecule has 0 spiro atoms. The molecule has 2 heterocycles. The van der Waals surface area contributed by atoms with Gasteiger partial charge in [-0.05, 0) is 81.3 Å². The average molecular weight is 628 g/mol. The van der Waals surface area contributed by atoms with Gasteiger partial charge in [0, 0.05) is 45.2 Å². The Kier molecular flexibility index (Phi) is 10.5. The van der Waals surface area contributed by atoms with E-state index < -0.39 is 0 Å². The molecule has 242 valence electrons. The summed E-state index contributed by atoms with van der Waals surface area (Å²) in [6.07, 6.45) is 4.36. The van der Waals surface area contributed by atoms with Crippen LogP contribution in [0.15, 0.2) is 65.4 Å². The number of hydrogen-bond acceptors (Lipinski definition) is 8. The first-order chi connectivity index (χ1) is 22.2. The number of aromatic nitrogens is 1. The summed E-state index contributed by atoms with van der Waals surface area (Å²) in [5.74, 6) is 0.539. The second kappa shape index (κ2) is 14.9. The fourth-order valence-corrected chi connectivity index (χ4v) is 5.46. The SMILES string of the molecule is COc1cc(C(=O)N(C)c2ccc(C)cc2OCCCCCC(=O)N2CCN(C)CC2)ccc1NC(=O)c1cccc2ocnc12. The number of nitrogens with one attached hydrogen (secondary N) is 1. The molecule has 11 heteroatoms. The van der Waals surface area contributed by atoms with Crippen LogP contribution in [0.1, 0.15) is 52.0 Å². The lowest BCUT2D eigenvalue weighted by atomic mass is 10.1. The number of anilines is 2. The van der Waals surface area contributed by atoms with E-state index in [4.69, 9.17) is 13.9 Å². The number of likely N-dealkylation sites (N-methyl/N-ethyl adjacent to an activating group) is 1. The smallest absolute Gasteiger partial charge is 0.258 e. The minimum Gasteiger partial charge on any atom is -0.495 e. The van der Waals surface area contributed by atoms with Gasteiger partial charge in [0.05, 0.1) is 30.7 Å². The van der Waals surface area contributed by atoms with E-state index >= 15 is 0 Å². The Balaban J connectivity index is 1.18. The molecular weight excluding hydrogens is 586 g/mol. The summed E-state index contributed by atoms with van der Waals surface area (Å²) in [5.41, 5.74) is 3.78. The third-order valence-corrected chi connectivity index (χ3v) is 8.23. The molecule has 1 aromatic heterocycles. The number of piperazine rings is 1. The van der Waals surface area contributed by atoms with Crippen molar-refractivity contribution in [2.45, 2.75) is 32.6 Å². The number of aryl methyl sites for hydroxylation is 1. The molecule has 46 heavy (non-hydrogen) atoms. The molecular formula is C35H41N5O6. The maximum absolute atomic E-state index is 13.6. The second-order valence-electron chi connectivity index (χ2n) is 11.6. The van der Waals surface area contributed by atoms with Gasteiger partial charge in [-0.25, -0.2) is 4.98 Å². The molecule has 4 aromatic rings. The largest absolute Gasteiger partial charge is 0.495 e. The highest BCUT2D eigenvalue weighted by atomic mass is 16.5. The van der Waals surface area contributed by atoms with Gasteiger partial charge in [-0.3, -0.25) is 14.4 Å². The molecule has 0 atom stereocenters. The van der Waals surface area contributed by atoms with Gasteiger partial charge in [0.1, 0.15) is 17.0 Å². The van der Waals surface area contributed by atoms with Crippen LogP contribution in [0, 0.1) is 6.92 Å². The Labute approximate surface area is 269 Å². The van der Waals surface area contributed by atoms with E-state index in [2.05, 4.69) is 22.2 Å². The maximum Gasteiger partial charge on any atom is 0.258 e. The number of ether oxygens (including phenoxy) is 2. The van der Waals surface area contributed by atoms with Gasteiger partial charge in [0.2, 0.25) is 5.91 Å². The van der Waals surface area contributed by atoms with Crippen molar-refractivity contribution in [2.75, 3.05) is 64.2 Å². The Bertz CT molecular complexity index is 1690. The molecule has 0 aliphatic carbocycles. The number of para-hydroxylation sites is 1. The van der Waals surface area contributed by atoms with Crippen molar-refractivity contribution >= 4 is 40.2 Å². The number of nitrogens with zero attached hydrogens (tertiary/aromatic N) is 4. The topological polar surface area (TPSA) is 117 Å². The molecule has 0 unspecified atom stereocenters. The van der Waals surface area contributed by atoms with E-state index in [1.807, 2.05) is 30.0 Å². The van der Waals surface area contributed by atoms with Crippen molar-refractivity contribution in [1.29, 1.82) is 0 Å². The number of amides is 3. The van der Waals surface area contributed by atoms with Crippen LogP contribution >= 0.6 is 0 Å². The standard InChI is InChI=1S/C35H41N5O6/c1-24-12-15-28(31(21-24)45-20-7-5-6-11-32(41)40-18-16-38(2)17-19-40)39(3)35(43)25-13-14-27(30(22-25)44-4)37-34(42)26-9-8-10-29-33(26)36-23-46-29/h8-10,12-15,21-23H,5-7,11,16-20H2,1-4H3,(H,37,42). The summed E-state index contributed by atoms with van der Waals surface area (Å²) in [7, 11) is 5.26. The fourth-order valence-electron chi connectivity index (χ4n) is 5.46. The van der Waals surface area contributed by atoms with E-state index in [1.54, 1.807) is 48.3 Å². The van der Waals surface area contributed by atoms with Crippen molar-refractivity contribution < 1.29 is 28.3 Å². The summed E-state index contributed by atoms with van der Waals surface area (Å²) in [4.78, 5) is 49.1. The molecule has 1 N–H and O–H groups in total. The number of hydrogen-bond donors (Lipinski definition) is 1. The Hall–Kier alpha value is -4.90. The van der Waals surface area contributed by atoms with E-state index in [0.29, 0.717) is 58.1 Å². The first kappa shape index (κ1) is 32.5. The quantitative estimate of drug-likeness (QED) is 0.208. The number of oxazole rings is 1. The first-order valence-corrected chi connectivity index (χ1v) is 15.5. The molecule has 1 aliphatic rings. The summed E-state index contributed by atoms with van der Waals surface area (Å²) < 4.78 is 17.0. The van der Waals surface area contributed by atoms with E-state index in [1.165, 1.54) is 13.5 Å². The Morgan fingerprint density at radius 1 is 0.978 bits per heavy atom. The van der Waals surface area contributed by atoms with Crippen molar-refractivity contribution in [2.24, 2.45) is 0 Å². The van der Waals surface area contributed by atoms with Crippen molar-refractivity contribution in [3.63, 3.8) is 0 Å². The van der Waals surface area contributed by atoms with Crippen LogP contribution in [0.3, 0.4) is 0 Å². The van der Waals surface area contributed by atoms with Gasteiger partial charge in [-0.15, -0.1) is 0 Å². The monoisotopic (exact) mass is 627 g/mol. The molecule has 11 nitrogen and oxygen atoms in total. The number of benzene rings is 3. The van der Waals surface area contributed by atoms with E-state index in [0.717, 1.165) is 51.0 Å². The Morgan fingerprint density at radius 2 is 1.78 bits per heavy atom. The first-order valence-electron chi connectivity index (χ1n) is 15.5. The summed E-state index contributed by atoms with van der Waals surface area (Å²) >= 11 is 0. The van der Waals surface area contributed by atoms with Crippen LogP contribution in [0.25, 0.3) is 11.1 Å². The minimum absolute atomic E-state index is 0.228. The zero-order valence-electron chi connectivity index (χ0n) is 26.9. The van der Waals surface area contributed by atoms with Crippen LogP contribution < -0.4 is 19.7 Å². The predicted molar refractivity (Wildman–Crippen MR) is 177 cm³/mol. The number of carbonyl (C=O) groups excluding carboxylic acids is 3. The van der Waals surface area contributed by atoms with E-state index in [9.17, 15) is 14.4 Å². The third-order valence-electron chi connectivity index (χ3n) is 8.23. The highest BCUT2D eigenvalue weighted by Gasteiger charge is 2.21. The van der Waals surface area contributed by atoms with E-state index in [-0.39, 0.29) is 17.7 Å². The molecule has 1 aliphatic heterocycles. The lowest BCUT2D eigenvalue weighted by Crippen LogP contribution is -2.47. The molecule has 0 saturated carbocycles. The zero-order valence-corrected chi connectivity index (χ0v) is 26.9. The fraction of sp³-hybridized carbons (Fsp3) is 0.371. The van der Waals surface area contributed by atoms with Crippen LogP contribution in [-0.4, -0.2) is 86.5 Å². The highest BCUT2D eigenvalue weighted by molar-refractivity contribution is 6.12. The molecule has 3 aromatic carbocycles. The maximum atomic E-state index is 13.6. The lowest BCUT2D eigenvalue weighted by Gasteiger charge is -2.32. The number of rotatable bonds is 12. The Morgan fingerprint density at radius 3 is 2.57 bits per heavy atom. The predicted octanol–water partition coefficient (Wildman–Crippen LogP) is 5.39. The summed E-state index contributed by atoms with van der Waals surface area (Å²) in [6.45, 7) is 5.91. The number of unbranched alkanes of at least 4 members (excludes halogenated alkanes) is 2. The molecule has 1 saturated heterocycles. The van der Waals surface area contributed by atoms with Gasteiger partial charge in [0.15, 0.2) is 12.0 Å². The van der Waals surface area contributed by atoms with Crippen LogP contribution in [0.5, 0.6) is 11.5 Å². The van der Waals surface area contributed by atoms with Crippen molar-refractivity contribution in [3.8, 4) is 11.5 Å². The number of fused-ring (bicyclic) bond motifs is 1. The molecule has 0 bridgehead atoms. The summed E-state index contributed by atoms with van der Waals surface area (Å²) in [5, 5.41) is 2.85. The summed E-state index contributed by atoms with van der Waals surface area (Å²) in [6, 6.07) is 15.7. The number of methoxy groups -OCH3 is 1. The molecule has 1 fully saturated rings. The highest BCUT2D eigenvalue weighted by Crippen LogP contribution is 2.32. The molecule has 5 rings (SSSR count). The number of carbonyl (C=O) groups is 3. The van der Waals surface area contributed by atoms with Gasteiger partial charge >= 0.3 is 0 Å². The molecule has 0 radical (unpaired) electrons. The lowest BCUT2D eigenvalue weighted by molar-refractivity contribution is -0.132. The van der Waals surface area contributed by atoms with Gasteiger partial charge in [-0.1, -0.05) is 12.1 Å². The third kappa shape index (κ3) is 7.66. The van der Waals surface area contributed by atoms with Crippen LogP contribution in [-0.2, 0) is 4.79 Å². The minimum atomic E-state index is -0.378. The van der Waals surface area contributed by atoms with Crippen molar-refractivity contribution in [3.05, 3.63) is 77.7 Å². The normalized spacial score (nSPS) is 13.4. The van der Waals surface area contributed by atoms with Crippen LogP contribution in [0.2, 0.25) is 0 Å². The van der Waals surface area contributed by atoms with Gasteiger partial charge < -0.3 is 33.9 Å². The zero-order chi connectivity index (χ0) is 32.6. The van der Waals surface area contributed by atoms with Crippen LogP contribution in [0.4, 0.5) is 11.4 Å². The van der Waals surface area contributed by atoms with Gasteiger partial charge in [0.25, 0.3) is 11.8 Å². The van der Waals surface area contributed by atoms with Crippen molar-refractivity contribution in [1.82, 2.24) is 14.8 Å².